The van der Waals surface area contributed by atoms with E-state index in [9.17, 15) is 14.7 Å². The Balaban J connectivity index is 2.03. The highest BCUT2D eigenvalue weighted by molar-refractivity contribution is 6.50. The lowest BCUT2D eigenvalue weighted by Crippen LogP contribution is -2.23. The molecule has 0 aliphatic heterocycles. The normalized spacial score (nSPS) is 11.1. The van der Waals surface area contributed by atoms with Gasteiger partial charge in [0.25, 0.3) is 11.7 Å². The third-order valence-electron chi connectivity index (χ3n) is 3.93. The fraction of sp³-hybridized carbons (Fsp3) is 0.167. The molecule has 2 N–H and O–H groups in total. The molecule has 0 aliphatic rings. The highest BCUT2D eigenvalue weighted by Gasteiger charge is 2.24. The van der Waals surface area contributed by atoms with Crippen molar-refractivity contribution in [2.75, 3.05) is 5.32 Å². The van der Waals surface area contributed by atoms with Crippen molar-refractivity contribution in [2.45, 2.75) is 19.9 Å². The standard InChI is InChI=1S/C18H15Cl2N3O3/c1-9(2)23-8-11(10-4-3-5-14(24)16(10)23)17(25)18(26)22-15-12(19)6-21-7-13(15)20/h3-9,24H,1-2H3,(H,21,22,26). The van der Waals surface area contributed by atoms with Crippen LogP contribution in [0.4, 0.5) is 5.69 Å². The summed E-state index contributed by atoms with van der Waals surface area (Å²) in [5.41, 5.74) is 0.805. The lowest BCUT2D eigenvalue weighted by atomic mass is 10.1. The van der Waals surface area contributed by atoms with Gasteiger partial charge in [-0.1, -0.05) is 35.3 Å². The first-order valence-corrected chi connectivity index (χ1v) is 8.54. The minimum atomic E-state index is -0.883. The second-order valence-electron chi connectivity index (χ2n) is 5.98. The van der Waals surface area contributed by atoms with Crippen molar-refractivity contribution in [1.82, 2.24) is 9.55 Å². The number of benzene rings is 1. The molecule has 0 atom stereocenters. The van der Waals surface area contributed by atoms with Crippen LogP contribution < -0.4 is 5.32 Å². The average molecular weight is 392 g/mol. The monoisotopic (exact) mass is 391 g/mol. The van der Waals surface area contributed by atoms with Crippen LogP contribution in [-0.2, 0) is 4.79 Å². The van der Waals surface area contributed by atoms with Crippen molar-refractivity contribution in [2.24, 2.45) is 0 Å². The van der Waals surface area contributed by atoms with Crippen molar-refractivity contribution in [3.05, 3.63) is 52.4 Å². The number of anilines is 1. The number of phenolic OH excluding ortho intramolecular Hbond substituents is 1. The van der Waals surface area contributed by atoms with E-state index in [1.54, 1.807) is 22.9 Å². The smallest absolute Gasteiger partial charge is 0.296 e. The number of hydrogen-bond donors (Lipinski definition) is 2. The Kier molecular flexibility index (Phi) is 4.89. The van der Waals surface area contributed by atoms with Gasteiger partial charge in [-0.15, -0.1) is 0 Å². The minimum absolute atomic E-state index is 0.0144. The molecule has 1 aromatic carbocycles. The van der Waals surface area contributed by atoms with Gasteiger partial charge < -0.3 is 15.0 Å². The summed E-state index contributed by atoms with van der Waals surface area (Å²) in [7, 11) is 0. The highest BCUT2D eigenvalue weighted by Crippen LogP contribution is 2.32. The van der Waals surface area contributed by atoms with Gasteiger partial charge in [0.2, 0.25) is 0 Å². The average Bonchev–Trinajstić information content (AvgIpc) is 2.98. The number of carbonyl (C=O) groups is 2. The molecule has 0 spiro atoms. The van der Waals surface area contributed by atoms with Gasteiger partial charge in [0.1, 0.15) is 5.75 Å². The van der Waals surface area contributed by atoms with Crippen molar-refractivity contribution in [3.8, 4) is 5.75 Å². The van der Waals surface area contributed by atoms with Gasteiger partial charge >= 0.3 is 0 Å². The van der Waals surface area contributed by atoms with E-state index in [0.29, 0.717) is 10.9 Å². The number of halogens is 2. The molecule has 6 nitrogen and oxygen atoms in total. The van der Waals surface area contributed by atoms with E-state index < -0.39 is 11.7 Å². The van der Waals surface area contributed by atoms with Gasteiger partial charge in [0.05, 0.1) is 26.8 Å². The summed E-state index contributed by atoms with van der Waals surface area (Å²) in [5.74, 6) is -1.61. The van der Waals surface area contributed by atoms with Crippen LogP contribution in [0.25, 0.3) is 10.9 Å². The Bertz CT molecular complexity index is 1010. The maximum atomic E-state index is 12.7. The second kappa shape index (κ2) is 6.97. The summed E-state index contributed by atoms with van der Waals surface area (Å²) in [6.07, 6.45) is 4.19. The molecular formula is C18H15Cl2N3O3. The SMILES string of the molecule is CC(C)n1cc(C(=O)C(=O)Nc2c(Cl)cncc2Cl)c2cccc(O)c21. The summed E-state index contributed by atoms with van der Waals surface area (Å²) in [5, 5.41) is 13.3. The van der Waals surface area contributed by atoms with Crippen LogP contribution in [0.1, 0.15) is 30.2 Å². The van der Waals surface area contributed by atoms with Gasteiger partial charge in [-0.25, -0.2) is 0 Å². The van der Waals surface area contributed by atoms with Crippen LogP contribution in [0.15, 0.2) is 36.8 Å². The number of carbonyl (C=O) groups excluding carboxylic acids is 2. The number of aromatic hydroxyl groups is 1. The number of pyridine rings is 1. The summed E-state index contributed by atoms with van der Waals surface area (Å²) < 4.78 is 1.75. The van der Waals surface area contributed by atoms with Crippen LogP contribution in [0, 0.1) is 0 Å². The number of nitrogens with one attached hydrogen (secondary N) is 1. The van der Waals surface area contributed by atoms with Gasteiger partial charge in [-0.2, -0.15) is 0 Å². The fourth-order valence-electron chi connectivity index (χ4n) is 2.70. The molecule has 0 aliphatic carbocycles. The number of para-hydroxylation sites is 1. The highest BCUT2D eigenvalue weighted by atomic mass is 35.5. The Labute approximate surface area is 159 Å². The van der Waals surface area contributed by atoms with Gasteiger partial charge in [-0.05, 0) is 19.9 Å². The van der Waals surface area contributed by atoms with E-state index in [2.05, 4.69) is 10.3 Å². The van der Waals surface area contributed by atoms with Crippen LogP contribution in [0.3, 0.4) is 0 Å². The Morgan fingerprint density at radius 3 is 2.46 bits per heavy atom. The zero-order chi connectivity index (χ0) is 19.0. The first-order valence-electron chi connectivity index (χ1n) is 7.78. The summed E-state index contributed by atoms with van der Waals surface area (Å²) in [6, 6.07) is 4.82. The van der Waals surface area contributed by atoms with E-state index in [0.717, 1.165) is 0 Å². The van der Waals surface area contributed by atoms with Crippen LogP contribution >= 0.6 is 23.2 Å². The van der Waals surface area contributed by atoms with Crippen molar-refractivity contribution >= 4 is 51.5 Å². The number of amides is 1. The molecule has 3 rings (SSSR count). The number of ketones is 1. The van der Waals surface area contributed by atoms with Gasteiger partial charge in [-0.3, -0.25) is 14.6 Å². The third kappa shape index (κ3) is 3.13. The molecular weight excluding hydrogens is 377 g/mol. The Hall–Kier alpha value is -2.57. The van der Waals surface area contributed by atoms with E-state index in [4.69, 9.17) is 23.2 Å². The summed E-state index contributed by atoms with van der Waals surface area (Å²) in [4.78, 5) is 29.0. The fourth-order valence-corrected chi connectivity index (χ4v) is 3.16. The number of hydrogen-bond acceptors (Lipinski definition) is 4. The zero-order valence-corrected chi connectivity index (χ0v) is 15.5. The minimum Gasteiger partial charge on any atom is -0.506 e. The van der Waals surface area contributed by atoms with E-state index in [-0.39, 0.29) is 33.1 Å². The first-order chi connectivity index (χ1) is 12.3. The molecule has 134 valence electrons. The maximum Gasteiger partial charge on any atom is 0.296 e. The summed E-state index contributed by atoms with van der Waals surface area (Å²) >= 11 is 12.0. The number of rotatable bonds is 4. The lowest BCUT2D eigenvalue weighted by molar-refractivity contribution is -0.112. The maximum absolute atomic E-state index is 12.7. The number of fused-ring (bicyclic) bond motifs is 1. The van der Waals surface area contributed by atoms with Crippen LogP contribution in [0.5, 0.6) is 5.75 Å². The predicted octanol–water partition coefficient (Wildman–Crippen LogP) is 4.45. The Morgan fingerprint density at radius 1 is 1.19 bits per heavy atom. The van der Waals surface area contributed by atoms with E-state index in [1.807, 2.05) is 13.8 Å². The van der Waals surface area contributed by atoms with E-state index in [1.165, 1.54) is 18.5 Å². The van der Waals surface area contributed by atoms with Gasteiger partial charge in [0.15, 0.2) is 0 Å². The van der Waals surface area contributed by atoms with Crippen molar-refractivity contribution in [1.29, 1.82) is 0 Å². The predicted molar refractivity (Wildman–Crippen MR) is 101 cm³/mol. The van der Waals surface area contributed by atoms with Crippen molar-refractivity contribution < 1.29 is 14.7 Å². The van der Waals surface area contributed by atoms with E-state index >= 15 is 0 Å². The summed E-state index contributed by atoms with van der Waals surface area (Å²) in [6.45, 7) is 3.83. The topological polar surface area (TPSA) is 84.2 Å². The number of phenols is 1. The Morgan fingerprint density at radius 2 is 1.85 bits per heavy atom. The molecule has 1 amide bonds. The first kappa shape index (κ1) is 18.2. The molecule has 8 heteroatoms. The van der Waals surface area contributed by atoms with Crippen LogP contribution in [0.2, 0.25) is 10.0 Å². The molecule has 2 aromatic heterocycles. The molecule has 2 heterocycles. The molecule has 0 saturated carbocycles. The number of Topliss-reactive ketones (excluding diaryl/α,β-unsaturated/α-hetero) is 1. The molecule has 0 fully saturated rings. The largest absolute Gasteiger partial charge is 0.506 e. The molecule has 0 unspecified atom stereocenters. The van der Waals surface area contributed by atoms with Gasteiger partial charge in [0, 0.05) is 30.0 Å². The second-order valence-corrected chi connectivity index (χ2v) is 6.79. The van der Waals surface area contributed by atoms with Crippen LogP contribution in [-0.4, -0.2) is 26.3 Å². The number of aromatic nitrogens is 2. The quantitative estimate of drug-likeness (QED) is 0.508. The molecule has 3 aromatic rings. The zero-order valence-electron chi connectivity index (χ0n) is 14.0. The molecule has 0 bridgehead atoms. The molecule has 0 radical (unpaired) electrons. The molecule has 0 saturated heterocycles. The number of nitrogens with zero attached hydrogens (tertiary/aromatic N) is 2. The lowest BCUT2D eigenvalue weighted by Gasteiger charge is -2.09. The van der Waals surface area contributed by atoms with Crippen molar-refractivity contribution in [3.63, 3.8) is 0 Å². The molecule has 26 heavy (non-hydrogen) atoms. The third-order valence-corrected chi connectivity index (χ3v) is 4.50.